The third kappa shape index (κ3) is 3.95. The molecule has 0 aromatic carbocycles. The maximum Gasteiger partial charge on any atom is 0.303 e. The van der Waals surface area contributed by atoms with Crippen molar-refractivity contribution in [3.63, 3.8) is 0 Å². The molecule has 20 heavy (non-hydrogen) atoms. The van der Waals surface area contributed by atoms with Crippen LogP contribution >= 0.6 is 0 Å². The zero-order chi connectivity index (χ0) is 14.7. The van der Waals surface area contributed by atoms with Gasteiger partial charge in [-0.15, -0.1) is 0 Å². The summed E-state index contributed by atoms with van der Waals surface area (Å²) in [5.41, 5.74) is 0. The van der Waals surface area contributed by atoms with Gasteiger partial charge in [-0.1, -0.05) is 13.8 Å². The number of carboxylic acid groups (broad SMARTS) is 1. The zero-order valence-corrected chi connectivity index (χ0v) is 12.4. The van der Waals surface area contributed by atoms with E-state index in [1.165, 1.54) is 6.42 Å². The van der Waals surface area contributed by atoms with Crippen LogP contribution in [0.15, 0.2) is 0 Å². The summed E-state index contributed by atoms with van der Waals surface area (Å²) in [6.45, 7) is 4.64. The van der Waals surface area contributed by atoms with Crippen LogP contribution in [0, 0.1) is 17.8 Å². The molecule has 0 aromatic rings. The van der Waals surface area contributed by atoms with Crippen molar-refractivity contribution in [3.8, 4) is 0 Å². The van der Waals surface area contributed by atoms with Gasteiger partial charge in [0, 0.05) is 25.0 Å². The van der Waals surface area contributed by atoms with Gasteiger partial charge in [-0.05, 0) is 37.5 Å². The lowest BCUT2D eigenvalue weighted by molar-refractivity contribution is -0.138. The molecule has 3 N–H and O–H groups in total. The van der Waals surface area contributed by atoms with Gasteiger partial charge in [0.05, 0.1) is 5.92 Å². The number of fused-ring (bicyclic) bond motifs is 2. The Hall–Kier alpha value is -1.10. The minimum Gasteiger partial charge on any atom is -0.481 e. The minimum atomic E-state index is -0.786. The molecular formula is C15H26N2O3. The number of carbonyl (C=O) groups excluding carboxylic acids is 1. The molecule has 0 aromatic heterocycles. The van der Waals surface area contributed by atoms with E-state index < -0.39 is 5.97 Å². The Bertz CT molecular complexity index is 370. The van der Waals surface area contributed by atoms with Crippen molar-refractivity contribution >= 4 is 11.9 Å². The Kier molecular flexibility index (Phi) is 5.02. The third-order valence-corrected chi connectivity index (χ3v) is 4.47. The molecular weight excluding hydrogens is 256 g/mol. The Balaban J connectivity index is 1.79. The van der Waals surface area contributed by atoms with Crippen LogP contribution in [0.5, 0.6) is 0 Å². The van der Waals surface area contributed by atoms with Crippen molar-refractivity contribution in [2.45, 2.75) is 58.0 Å². The molecule has 2 bridgehead atoms. The second-order valence-electron chi connectivity index (χ2n) is 6.73. The predicted molar refractivity (Wildman–Crippen MR) is 76.3 cm³/mol. The van der Waals surface area contributed by atoms with Gasteiger partial charge in [0.15, 0.2) is 0 Å². The molecule has 0 saturated carbocycles. The average molecular weight is 282 g/mol. The molecule has 2 aliphatic heterocycles. The topological polar surface area (TPSA) is 78.4 Å². The molecule has 2 saturated heterocycles. The average Bonchev–Trinajstić information content (AvgIpc) is 2.96. The number of carbonyl (C=O) groups is 2. The summed E-state index contributed by atoms with van der Waals surface area (Å²) in [6.07, 6.45) is 4.18. The summed E-state index contributed by atoms with van der Waals surface area (Å²) in [7, 11) is 0. The first-order valence-corrected chi connectivity index (χ1v) is 7.71. The van der Waals surface area contributed by atoms with Gasteiger partial charge in [-0.3, -0.25) is 9.59 Å². The van der Waals surface area contributed by atoms with Gasteiger partial charge in [-0.2, -0.15) is 0 Å². The molecule has 0 radical (unpaired) electrons. The van der Waals surface area contributed by atoms with E-state index in [1.807, 2.05) is 0 Å². The molecule has 4 atom stereocenters. The summed E-state index contributed by atoms with van der Waals surface area (Å²) in [6, 6.07) is 0.851. The fraction of sp³-hybridized carbons (Fsp3) is 0.867. The van der Waals surface area contributed by atoms with E-state index in [-0.39, 0.29) is 24.2 Å². The van der Waals surface area contributed by atoms with E-state index in [4.69, 9.17) is 5.11 Å². The standard InChI is InChI=1S/C15H26N2O3/c1-9(2)5-10(6-14(18)19)8-16-15(20)12-7-11-3-4-13(12)17-11/h9-13,17H,3-8H2,1-2H3,(H,16,20)(H,18,19)/t10-,11?,12?,13?/m0/s1. The Labute approximate surface area is 120 Å². The van der Waals surface area contributed by atoms with Gasteiger partial charge >= 0.3 is 5.97 Å². The van der Waals surface area contributed by atoms with Gasteiger partial charge in [0.1, 0.15) is 0 Å². The Morgan fingerprint density at radius 1 is 1.35 bits per heavy atom. The number of amides is 1. The first kappa shape index (κ1) is 15.3. The van der Waals surface area contributed by atoms with E-state index in [9.17, 15) is 9.59 Å². The number of rotatable bonds is 7. The van der Waals surface area contributed by atoms with E-state index in [0.29, 0.717) is 24.5 Å². The number of carboxylic acids is 1. The smallest absolute Gasteiger partial charge is 0.303 e. The molecule has 0 aliphatic carbocycles. The first-order chi connectivity index (χ1) is 9.45. The van der Waals surface area contributed by atoms with Crippen LogP contribution in [0.4, 0.5) is 0 Å². The SMILES string of the molecule is CC(C)C[C@H](CNC(=O)C1CC2CCC1N2)CC(=O)O. The van der Waals surface area contributed by atoms with Gasteiger partial charge in [0.25, 0.3) is 0 Å². The lowest BCUT2D eigenvalue weighted by Crippen LogP contribution is -2.40. The van der Waals surface area contributed by atoms with E-state index in [0.717, 1.165) is 19.3 Å². The van der Waals surface area contributed by atoms with E-state index in [2.05, 4.69) is 24.5 Å². The second-order valence-corrected chi connectivity index (χ2v) is 6.73. The molecule has 2 heterocycles. The van der Waals surface area contributed by atoms with Crippen molar-refractivity contribution in [1.82, 2.24) is 10.6 Å². The lowest BCUT2D eigenvalue weighted by Gasteiger charge is -2.22. The highest BCUT2D eigenvalue weighted by Crippen LogP contribution is 2.33. The number of hydrogen-bond donors (Lipinski definition) is 3. The summed E-state index contributed by atoms with van der Waals surface area (Å²) in [5, 5.41) is 15.4. The Morgan fingerprint density at radius 3 is 2.60 bits per heavy atom. The summed E-state index contributed by atoms with van der Waals surface area (Å²) in [4.78, 5) is 23.1. The van der Waals surface area contributed by atoms with Crippen LogP contribution in [0.3, 0.4) is 0 Å². The van der Waals surface area contributed by atoms with E-state index in [1.54, 1.807) is 0 Å². The third-order valence-electron chi connectivity index (χ3n) is 4.47. The van der Waals surface area contributed by atoms with Crippen molar-refractivity contribution < 1.29 is 14.7 Å². The maximum atomic E-state index is 12.2. The lowest BCUT2D eigenvalue weighted by atomic mass is 9.88. The van der Waals surface area contributed by atoms with Crippen LogP contribution in [0.2, 0.25) is 0 Å². The highest BCUT2D eigenvalue weighted by molar-refractivity contribution is 5.80. The first-order valence-electron chi connectivity index (χ1n) is 7.71. The summed E-state index contributed by atoms with van der Waals surface area (Å²) in [5.74, 6) is -0.128. The van der Waals surface area contributed by atoms with Crippen molar-refractivity contribution in [2.24, 2.45) is 17.8 Å². The molecule has 2 aliphatic rings. The summed E-state index contributed by atoms with van der Waals surface area (Å²) < 4.78 is 0. The number of nitrogens with one attached hydrogen (secondary N) is 2. The van der Waals surface area contributed by atoms with Crippen LogP contribution in [0.25, 0.3) is 0 Å². The molecule has 3 unspecified atom stereocenters. The zero-order valence-electron chi connectivity index (χ0n) is 12.4. The fourth-order valence-electron chi connectivity index (χ4n) is 3.64. The molecule has 0 spiro atoms. The van der Waals surface area contributed by atoms with Gasteiger partial charge in [-0.25, -0.2) is 0 Å². The number of aliphatic carboxylic acids is 1. The van der Waals surface area contributed by atoms with Gasteiger partial charge < -0.3 is 15.7 Å². The van der Waals surface area contributed by atoms with Crippen molar-refractivity contribution in [2.75, 3.05) is 6.54 Å². The molecule has 114 valence electrons. The van der Waals surface area contributed by atoms with Crippen molar-refractivity contribution in [3.05, 3.63) is 0 Å². The minimum absolute atomic E-state index is 0.0306. The molecule has 5 heteroatoms. The molecule has 1 amide bonds. The predicted octanol–water partition coefficient (Wildman–Crippen LogP) is 1.38. The molecule has 5 nitrogen and oxygen atoms in total. The normalized spacial score (nSPS) is 29.6. The fourth-order valence-corrected chi connectivity index (χ4v) is 3.64. The Morgan fingerprint density at radius 2 is 2.10 bits per heavy atom. The molecule has 2 fully saturated rings. The summed E-state index contributed by atoms with van der Waals surface area (Å²) >= 11 is 0. The van der Waals surface area contributed by atoms with Crippen LogP contribution in [0.1, 0.15) is 46.0 Å². The van der Waals surface area contributed by atoms with Crippen LogP contribution in [-0.4, -0.2) is 35.6 Å². The highest BCUT2D eigenvalue weighted by Gasteiger charge is 2.42. The second kappa shape index (κ2) is 6.57. The monoisotopic (exact) mass is 282 g/mol. The highest BCUT2D eigenvalue weighted by atomic mass is 16.4. The van der Waals surface area contributed by atoms with Crippen LogP contribution in [-0.2, 0) is 9.59 Å². The van der Waals surface area contributed by atoms with Crippen LogP contribution < -0.4 is 10.6 Å². The quantitative estimate of drug-likeness (QED) is 0.659. The van der Waals surface area contributed by atoms with E-state index >= 15 is 0 Å². The van der Waals surface area contributed by atoms with Crippen molar-refractivity contribution in [1.29, 1.82) is 0 Å². The maximum absolute atomic E-state index is 12.2. The molecule has 2 rings (SSSR count). The largest absolute Gasteiger partial charge is 0.481 e. The van der Waals surface area contributed by atoms with Gasteiger partial charge in [0.2, 0.25) is 5.91 Å². The number of hydrogen-bond acceptors (Lipinski definition) is 3.